The van der Waals surface area contributed by atoms with Crippen LogP contribution in [0.3, 0.4) is 0 Å². The zero-order chi connectivity index (χ0) is 34.7. The lowest BCUT2D eigenvalue weighted by Gasteiger charge is -2.42. The van der Waals surface area contributed by atoms with Crippen LogP contribution in [0.1, 0.15) is 51.7 Å². The first-order valence-corrected chi connectivity index (χ1v) is 17.9. The number of benzene rings is 6. The van der Waals surface area contributed by atoms with Crippen molar-refractivity contribution in [2.45, 2.75) is 51.4 Å². The minimum absolute atomic E-state index is 0.0790. The van der Waals surface area contributed by atoms with Gasteiger partial charge in [-0.25, -0.2) is 15.0 Å². The summed E-state index contributed by atoms with van der Waals surface area (Å²) in [6.07, 6.45) is 2.33. The summed E-state index contributed by atoms with van der Waals surface area (Å²) in [5.74, 6) is 2.03. The molecule has 4 heteroatoms. The van der Waals surface area contributed by atoms with E-state index in [9.17, 15) is 0 Å². The highest BCUT2D eigenvalue weighted by atomic mass is 15.0. The molecule has 0 saturated carbocycles. The van der Waals surface area contributed by atoms with E-state index in [2.05, 4.69) is 160 Å². The van der Waals surface area contributed by atoms with Gasteiger partial charge in [0.25, 0.3) is 0 Å². The van der Waals surface area contributed by atoms with Gasteiger partial charge in [-0.2, -0.15) is 0 Å². The average molecular weight is 661 g/mol. The smallest absolute Gasteiger partial charge is 0.164 e. The molecule has 51 heavy (non-hydrogen) atoms. The molecule has 248 valence electrons. The number of aromatic nitrogens is 4. The second kappa shape index (κ2) is 11.9. The summed E-state index contributed by atoms with van der Waals surface area (Å²) in [5, 5.41) is 2.35. The molecule has 0 atom stereocenters. The van der Waals surface area contributed by atoms with Crippen LogP contribution in [-0.2, 0) is 10.8 Å². The lowest BCUT2D eigenvalue weighted by molar-refractivity contribution is 0.332. The molecule has 4 nitrogen and oxygen atoms in total. The Morgan fingerprint density at radius 1 is 0.412 bits per heavy atom. The van der Waals surface area contributed by atoms with Crippen LogP contribution >= 0.6 is 0 Å². The van der Waals surface area contributed by atoms with E-state index in [1.54, 1.807) is 0 Å². The van der Waals surface area contributed by atoms with Crippen LogP contribution in [0.15, 0.2) is 146 Å². The number of rotatable bonds is 5. The summed E-state index contributed by atoms with van der Waals surface area (Å²) in [4.78, 5) is 15.5. The first-order chi connectivity index (χ1) is 24.7. The minimum Gasteiger partial charge on any atom is -0.309 e. The molecule has 0 amide bonds. The molecule has 0 N–H and O–H groups in total. The maximum absolute atomic E-state index is 5.22. The van der Waals surface area contributed by atoms with Crippen LogP contribution in [0.2, 0.25) is 0 Å². The van der Waals surface area contributed by atoms with Crippen LogP contribution in [-0.4, -0.2) is 19.5 Å². The molecule has 0 saturated heterocycles. The SMILES string of the molecule is CC1(C)CCC(C)(C)c2cc(-c3nc(-c4ccccc4)nc(-c4ccc5c(c4)c4cc(-c6ccccc6)ccc4n5-c4ccccc4)n3)ccc21. The van der Waals surface area contributed by atoms with Gasteiger partial charge >= 0.3 is 0 Å². The van der Waals surface area contributed by atoms with Gasteiger partial charge in [0.15, 0.2) is 17.5 Å². The standard InChI is InChI=1S/C47H40N4/c1-46(2)26-27-47(3,4)40-30-35(20-23-39(40)46)45-49-43(32-16-10-6-11-17-32)48-44(50-45)34-22-25-42-38(29-34)37-28-33(31-14-8-5-9-15-31)21-24-41(37)51(42)36-18-12-7-13-19-36/h5-25,28-30H,26-27H2,1-4H3. The summed E-state index contributed by atoms with van der Waals surface area (Å²) in [5.41, 5.74) is 11.8. The number of nitrogens with zero attached hydrogens (tertiary/aromatic N) is 4. The van der Waals surface area contributed by atoms with E-state index in [1.807, 2.05) is 18.2 Å². The third kappa shape index (κ3) is 5.43. The van der Waals surface area contributed by atoms with Crippen molar-refractivity contribution in [3.05, 3.63) is 157 Å². The van der Waals surface area contributed by atoms with Crippen LogP contribution in [0.4, 0.5) is 0 Å². The molecule has 2 aromatic heterocycles. The van der Waals surface area contributed by atoms with Crippen molar-refractivity contribution in [1.29, 1.82) is 0 Å². The molecule has 0 aliphatic heterocycles. The molecular weight excluding hydrogens is 621 g/mol. The summed E-state index contributed by atoms with van der Waals surface area (Å²) in [7, 11) is 0. The fourth-order valence-corrected chi connectivity index (χ4v) is 7.91. The van der Waals surface area contributed by atoms with Crippen molar-refractivity contribution in [2.75, 3.05) is 0 Å². The third-order valence-corrected chi connectivity index (χ3v) is 10.9. The van der Waals surface area contributed by atoms with Crippen LogP contribution in [0.25, 0.3) is 72.8 Å². The van der Waals surface area contributed by atoms with Crippen LogP contribution in [0, 0.1) is 0 Å². The van der Waals surface area contributed by atoms with Gasteiger partial charge < -0.3 is 4.57 Å². The monoisotopic (exact) mass is 660 g/mol. The number of fused-ring (bicyclic) bond motifs is 4. The third-order valence-electron chi connectivity index (χ3n) is 10.9. The van der Waals surface area contributed by atoms with Crippen molar-refractivity contribution < 1.29 is 0 Å². The van der Waals surface area contributed by atoms with Gasteiger partial charge in [-0.15, -0.1) is 0 Å². The first kappa shape index (κ1) is 31.1. The Labute approximate surface area is 299 Å². The zero-order valence-corrected chi connectivity index (χ0v) is 29.6. The predicted octanol–water partition coefficient (Wildman–Crippen LogP) is 12.0. The largest absolute Gasteiger partial charge is 0.309 e. The van der Waals surface area contributed by atoms with Crippen LogP contribution < -0.4 is 0 Å². The highest BCUT2D eigenvalue weighted by Gasteiger charge is 2.37. The molecule has 0 bridgehead atoms. The molecule has 0 spiro atoms. The van der Waals surface area contributed by atoms with Gasteiger partial charge in [0.2, 0.25) is 0 Å². The summed E-state index contributed by atoms with van der Waals surface area (Å²) < 4.78 is 2.35. The highest BCUT2D eigenvalue weighted by molar-refractivity contribution is 6.11. The summed E-state index contributed by atoms with van der Waals surface area (Å²) in [6, 6.07) is 51.7. The van der Waals surface area contributed by atoms with Crippen molar-refractivity contribution in [3.63, 3.8) is 0 Å². The van der Waals surface area contributed by atoms with E-state index in [-0.39, 0.29) is 10.8 Å². The highest BCUT2D eigenvalue weighted by Crippen LogP contribution is 2.47. The Balaban J connectivity index is 1.26. The van der Waals surface area contributed by atoms with Gasteiger partial charge in [-0.3, -0.25) is 0 Å². The molecule has 6 aromatic carbocycles. The Morgan fingerprint density at radius 2 is 0.863 bits per heavy atom. The fraction of sp³-hybridized carbons (Fsp3) is 0.170. The normalized spacial score (nSPS) is 14.8. The quantitative estimate of drug-likeness (QED) is 0.184. The Kier molecular flexibility index (Phi) is 7.25. The topological polar surface area (TPSA) is 43.6 Å². The van der Waals surface area contributed by atoms with E-state index in [4.69, 9.17) is 15.0 Å². The molecule has 0 radical (unpaired) electrons. The summed E-state index contributed by atoms with van der Waals surface area (Å²) >= 11 is 0. The van der Waals surface area contributed by atoms with E-state index >= 15 is 0 Å². The second-order valence-electron chi connectivity index (χ2n) is 15.2. The molecule has 0 unspecified atom stereocenters. The van der Waals surface area contributed by atoms with Crippen molar-refractivity contribution in [2.24, 2.45) is 0 Å². The number of hydrogen-bond donors (Lipinski definition) is 0. The number of hydrogen-bond acceptors (Lipinski definition) is 3. The van der Waals surface area contributed by atoms with Gasteiger partial charge in [-0.05, 0) is 94.5 Å². The van der Waals surface area contributed by atoms with Crippen molar-refractivity contribution in [3.8, 4) is 51.0 Å². The Hall–Kier alpha value is -5.87. The van der Waals surface area contributed by atoms with E-state index in [1.165, 1.54) is 34.1 Å². The molecular formula is C47H40N4. The second-order valence-corrected chi connectivity index (χ2v) is 15.2. The lowest BCUT2D eigenvalue weighted by Crippen LogP contribution is -2.33. The molecule has 2 heterocycles. The van der Waals surface area contributed by atoms with Gasteiger partial charge in [0, 0.05) is 33.2 Å². The Bertz CT molecular complexity index is 2560. The molecule has 9 rings (SSSR count). The van der Waals surface area contributed by atoms with Crippen LogP contribution in [0.5, 0.6) is 0 Å². The number of para-hydroxylation sites is 1. The average Bonchev–Trinajstić information content (AvgIpc) is 3.50. The fourth-order valence-electron chi connectivity index (χ4n) is 7.91. The lowest BCUT2D eigenvalue weighted by atomic mass is 9.63. The van der Waals surface area contributed by atoms with Gasteiger partial charge in [0.1, 0.15) is 0 Å². The molecule has 1 aliphatic rings. The summed E-state index contributed by atoms with van der Waals surface area (Å²) in [6.45, 7) is 9.46. The predicted molar refractivity (Wildman–Crippen MR) is 211 cm³/mol. The maximum atomic E-state index is 5.22. The van der Waals surface area contributed by atoms with Crippen molar-refractivity contribution in [1.82, 2.24) is 19.5 Å². The van der Waals surface area contributed by atoms with E-state index in [0.717, 1.165) is 45.2 Å². The van der Waals surface area contributed by atoms with E-state index < -0.39 is 0 Å². The van der Waals surface area contributed by atoms with Crippen molar-refractivity contribution >= 4 is 21.8 Å². The molecule has 0 fully saturated rings. The maximum Gasteiger partial charge on any atom is 0.164 e. The van der Waals surface area contributed by atoms with E-state index in [0.29, 0.717) is 17.5 Å². The van der Waals surface area contributed by atoms with Gasteiger partial charge in [-0.1, -0.05) is 125 Å². The molecule has 8 aromatic rings. The molecule has 1 aliphatic carbocycles. The Morgan fingerprint density at radius 3 is 1.47 bits per heavy atom. The minimum atomic E-state index is 0.0790. The first-order valence-electron chi connectivity index (χ1n) is 17.9. The van der Waals surface area contributed by atoms with Gasteiger partial charge in [0.05, 0.1) is 11.0 Å². The zero-order valence-electron chi connectivity index (χ0n) is 29.6.